The van der Waals surface area contributed by atoms with E-state index in [9.17, 15) is 0 Å². The molecular formula is C38H40N2S2. The van der Waals surface area contributed by atoms with E-state index in [1.165, 1.54) is 129 Å². The van der Waals surface area contributed by atoms with Crippen LogP contribution in [0.3, 0.4) is 0 Å². The Balaban J connectivity index is 1.20. The lowest BCUT2D eigenvalue weighted by atomic mass is 9.98. The monoisotopic (exact) mass is 588 g/mol. The average molecular weight is 589 g/mol. The van der Waals surface area contributed by atoms with Gasteiger partial charge >= 0.3 is 0 Å². The van der Waals surface area contributed by atoms with E-state index in [1.807, 2.05) is 22.7 Å². The van der Waals surface area contributed by atoms with E-state index in [0.717, 1.165) is 0 Å². The number of aromatic nitrogens is 2. The average Bonchev–Trinajstić information content (AvgIpc) is 3.82. The predicted molar refractivity (Wildman–Crippen MR) is 187 cm³/mol. The van der Waals surface area contributed by atoms with Crippen molar-refractivity contribution in [1.29, 1.82) is 0 Å². The fourth-order valence-electron chi connectivity index (χ4n) is 6.61. The molecule has 2 nitrogen and oxygen atoms in total. The summed E-state index contributed by atoms with van der Waals surface area (Å²) in [7, 11) is 0. The van der Waals surface area contributed by atoms with Crippen LogP contribution in [0.15, 0.2) is 83.8 Å². The molecule has 7 rings (SSSR count). The van der Waals surface area contributed by atoms with Crippen LogP contribution in [-0.2, 0) is 12.8 Å². The molecule has 4 heterocycles. The number of nitrogens with zero attached hydrogens (tertiary/aromatic N) is 2. The second kappa shape index (κ2) is 12.1. The summed E-state index contributed by atoms with van der Waals surface area (Å²) in [4.78, 5) is 0. The van der Waals surface area contributed by atoms with Gasteiger partial charge in [0.1, 0.15) is 0 Å². The van der Waals surface area contributed by atoms with Gasteiger partial charge in [-0.1, -0.05) is 76.6 Å². The molecule has 0 N–H and O–H groups in total. The molecule has 0 fully saturated rings. The van der Waals surface area contributed by atoms with Gasteiger partial charge in [0.05, 0.1) is 21.0 Å². The molecule has 0 aliphatic carbocycles. The van der Waals surface area contributed by atoms with Crippen molar-refractivity contribution in [3.05, 3.63) is 94.9 Å². The van der Waals surface area contributed by atoms with Gasteiger partial charge in [-0.05, 0) is 106 Å². The first kappa shape index (κ1) is 27.5. The number of aryl methyl sites for hydroxylation is 2. The van der Waals surface area contributed by atoms with Crippen molar-refractivity contribution in [3.8, 4) is 10.0 Å². The third kappa shape index (κ3) is 5.09. The van der Waals surface area contributed by atoms with Gasteiger partial charge in [0.25, 0.3) is 0 Å². The summed E-state index contributed by atoms with van der Waals surface area (Å²) in [5, 5.41) is 15.3. The topological polar surface area (TPSA) is 9.86 Å². The minimum atomic E-state index is 1.19. The van der Waals surface area contributed by atoms with Gasteiger partial charge in [-0.15, -0.1) is 22.7 Å². The molecule has 0 saturated carbocycles. The van der Waals surface area contributed by atoms with E-state index in [2.05, 4.69) is 107 Å². The molecule has 42 heavy (non-hydrogen) atoms. The summed E-state index contributed by atoms with van der Waals surface area (Å²) < 4.78 is 4.75. The standard InChI is InChI=1S/C38H40N2S2/c1-3-5-7-9-11-27-23-37(41-25-27)39-21-19-33-31-13-14-32-30(29(31)15-17-35(33)39)16-18-36-34(32)20-22-40(36)38-24-28(26-42-38)12-10-8-6-4-2/h13-26H,3-12H2,1-2H3. The summed E-state index contributed by atoms with van der Waals surface area (Å²) >= 11 is 3.73. The summed E-state index contributed by atoms with van der Waals surface area (Å²) in [6.07, 6.45) is 17.4. The highest BCUT2D eigenvalue weighted by Crippen LogP contribution is 2.37. The maximum atomic E-state index is 2.39. The Bertz CT molecular complexity index is 1840. The first-order chi connectivity index (χ1) is 20.7. The number of rotatable bonds is 12. The molecule has 0 saturated heterocycles. The van der Waals surface area contributed by atoms with Crippen molar-refractivity contribution >= 4 is 66.0 Å². The van der Waals surface area contributed by atoms with Gasteiger partial charge < -0.3 is 9.13 Å². The molecule has 0 atom stereocenters. The van der Waals surface area contributed by atoms with Crippen molar-refractivity contribution in [3.63, 3.8) is 0 Å². The second-order valence-corrected chi connectivity index (χ2v) is 13.6. The Labute approximate surface area is 257 Å². The molecule has 0 aliphatic heterocycles. The quantitative estimate of drug-likeness (QED) is 0.0992. The lowest BCUT2D eigenvalue weighted by Gasteiger charge is -2.09. The van der Waals surface area contributed by atoms with Gasteiger partial charge in [0.2, 0.25) is 0 Å². The van der Waals surface area contributed by atoms with Crippen LogP contribution in [0.4, 0.5) is 0 Å². The highest BCUT2D eigenvalue weighted by molar-refractivity contribution is 7.13. The normalized spacial score (nSPS) is 12.0. The number of benzene rings is 3. The van der Waals surface area contributed by atoms with E-state index in [1.54, 1.807) is 0 Å². The van der Waals surface area contributed by atoms with Crippen molar-refractivity contribution < 1.29 is 0 Å². The Morgan fingerprint density at radius 1 is 0.476 bits per heavy atom. The summed E-state index contributed by atoms with van der Waals surface area (Å²) in [5.74, 6) is 0. The van der Waals surface area contributed by atoms with Crippen LogP contribution in [0.5, 0.6) is 0 Å². The fraction of sp³-hybridized carbons (Fsp3) is 0.316. The van der Waals surface area contributed by atoms with E-state index < -0.39 is 0 Å². The number of hydrogen-bond acceptors (Lipinski definition) is 2. The van der Waals surface area contributed by atoms with Crippen LogP contribution >= 0.6 is 22.7 Å². The van der Waals surface area contributed by atoms with Crippen LogP contribution < -0.4 is 0 Å². The van der Waals surface area contributed by atoms with Crippen LogP contribution in [0.1, 0.15) is 76.3 Å². The lowest BCUT2D eigenvalue weighted by molar-refractivity contribution is 0.667. The van der Waals surface area contributed by atoms with E-state index in [-0.39, 0.29) is 0 Å². The predicted octanol–water partition coefficient (Wildman–Crippen LogP) is 12.2. The first-order valence-electron chi connectivity index (χ1n) is 15.9. The fourth-order valence-corrected chi connectivity index (χ4v) is 8.51. The Morgan fingerprint density at radius 2 is 0.905 bits per heavy atom. The van der Waals surface area contributed by atoms with Crippen LogP contribution in [0, 0.1) is 0 Å². The SMILES string of the molecule is CCCCCCc1csc(-n2ccc3c4ccc5c(ccc6c5ccn6-c5cc(CCCCCC)cs5)c4ccc32)c1. The molecule has 7 aromatic rings. The second-order valence-electron chi connectivity index (χ2n) is 11.8. The number of thiophene rings is 2. The zero-order valence-electron chi connectivity index (χ0n) is 24.9. The van der Waals surface area contributed by atoms with E-state index in [4.69, 9.17) is 0 Å². The Kier molecular flexibility index (Phi) is 7.92. The molecule has 0 aliphatic rings. The molecule has 4 heteroatoms. The number of fused-ring (bicyclic) bond motifs is 7. The van der Waals surface area contributed by atoms with Gasteiger partial charge in [0.15, 0.2) is 0 Å². The van der Waals surface area contributed by atoms with Crippen molar-refractivity contribution in [2.24, 2.45) is 0 Å². The number of hydrogen-bond donors (Lipinski definition) is 0. The van der Waals surface area contributed by atoms with E-state index in [0.29, 0.717) is 0 Å². The molecule has 0 spiro atoms. The first-order valence-corrected chi connectivity index (χ1v) is 17.6. The third-order valence-corrected chi connectivity index (χ3v) is 10.9. The molecule has 0 bridgehead atoms. The highest BCUT2D eigenvalue weighted by atomic mass is 32.1. The summed E-state index contributed by atoms with van der Waals surface area (Å²) in [6, 6.07) is 23.4. The Morgan fingerprint density at radius 3 is 1.36 bits per heavy atom. The maximum absolute atomic E-state index is 2.39. The van der Waals surface area contributed by atoms with Crippen LogP contribution in [0.25, 0.3) is 53.4 Å². The molecular weight excluding hydrogens is 549 g/mol. The molecule has 4 aromatic heterocycles. The summed E-state index contributed by atoms with van der Waals surface area (Å²) in [6.45, 7) is 4.56. The molecule has 0 amide bonds. The third-order valence-electron chi connectivity index (χ3n) is 8.93. The van der Waals surface area contributed by atoms with Crippen LogP contribution in [-0.4, -0.2) is 9.13 Å². The molecule has 0 radical (unpaired) electrons. The zero-order valence-corrected chi connectivity index (χ0v) is 26.5. The smallest absolute Gasteiger partial charge is 0.0997 e. The van der Waals surface area contributed by atoms with Crippen molar-refractivity contribution in [1.82, 2.24) is 9.13 Å². The van der Waals surface area contributed by atoms with E-state index >= 15 is 0 Å². The van der Waals surface area contributed by atoms with Gasteiger partial charge in [0, 0.05) is 23.2 Å². The molecule has 3 aromatic carbocycles. The largest absolute Gasteiger partial charge is 0.308 e. The maximum Gasteiger partial charge on any atom is 0.0997 e. The van der Waals surface area contributed by atoms with Gasteiger partial charge in [-0.25, -0.2) is 0 Å². The Hall–Kier alpha value is -3.34. The highest BCUT2D eigenvalue weighted by Gasteiger charge is 2.14. The van der Waals surface area contributed by atoms with Gasteiger partial charge in [-0.3, -0.25) is 0 Å². The minimum Gasteiger partial charge on any atom is -0.308 e. The number of unbranched alkanes of at least 4 members (excludes halogenated alkanes) is 6. The molecule has 0 unspecified atom stereocenters. The summed E-state index contributed by atoms with van der Waals surface area (Å²) in [5.41, 5.74) is 5.52. The lowest BCUT2D eigenvalue weighted by Crippen LogP contribution is -1.90. The zero-order chi connectivity index (χ0) is 28.5. The molecule has 214 valence electrons. The van der Waals surface area contributed by atoms with Crippen molar-refractivity contribution in [2.45, 2.75) is 78.1 Å². The minimum absolute atomic E-state index is 1.19. The van der Waals surface area contributed by atoms with Crippen LogP contribution in [0.2, 0.25) is 0 Å². The van der Waals surface area contributed by atoms with Crippen molar-refractivity contribution in [2.75, 3.05) is 0 Å². The van der Waals surface area contributed by atoms with Gasteiger partial charge in [-0.2, -0.15) is 0 Å².